The van der Waals surface area contributed by atoms with Gasteiger partial charge in [0.1, 0.15) is 0 Å². The Morgan fingerprint density at radius 1 is 1.29 bits per heavy atom. The molecule has 17 heavy (non-hydrogen) atoms. The lowest BCUT2D eigenvalue weighted by Gasteiger charge is -2.25. The molecule has 0 atom stereocenters. The van der Waals surface area contributed by atoms with Crippen LogP contribution in [0.25, 0.3) is 0 Å². The smallest absolute Gasteiger partial charge is 0.0771 e. The molecule has 1 fully saturated rings. The largest absolute Gasteiger partial charge is 0.395 e. The van der Waals surface area contributed by atoms with Crippen LogP contribution in [-0.4, -0.2) is 41.2 Å². The monoisotopic (exact) mass is 267 g/mol. The van der Waals surface area contributed by atoms with Gasteiger partial charge in [-0.1, -0.05) is 11.8 Å². The van der Waals surface area contributed by atoms with Gasteiger partial charge in [-0.15, -0.1) is 11.3 Å². The van der Waals surface area contributed by atoms with E-state index in [2.05, 4.69) is 28.9 Å². The first-order valence-corrected chi connectivity index (χ1v) is 7.84. The van der Waals surface area contributed by atoms with E-state index in [9.17, 15) is 0 Å². The zero-order valence-electron chi connectivity index (χ0n) is 9.82. The molecule has 1 N–H and O–H groups in total. The van der Waals surface area contributed by atoms with Gasteiger partial charge in [0.15, 0.2) is 0 Å². The van der Waals surface area contributed by atoms with Gasteiger partial charge >= 0.3 is 0 Å². The molecule has 0 radical (unpaired) electrons. The average molecular weight is 267 g/mol. The normalized spacial score (nSPS) is 16.5. The molecule has 92 valence electrons. The molecule has 2 heterocycles. The zero-order chi connectivity index (χ0) is 11.9. The summed E-state index contributed by atoms with van der Waals surface area (Å²) in [5, 5.41) is 8.66. The number of thiophene rings is 1. The van der Waals surface area contributed by atoms with E-state index in [1.807, 2.05) is 11.8 Å². The fourth-order valence-electron chi connectivity index (χ4n) is 1.72. The summed E-state index contributed by atoms with van der Waals surface area (Å²) < 4.78 is 0. The molecule has 0 aromatic carbocycles. The van der Waals surface area contributed by atoms with Crippen molar-refractivity contribution >= 4 is 23.1 Å². The third-order valence-corrected chi connectivity index (χ3v) is 4.52. The molecular weight excluding hydrogens is 250 g/mol. The molecule has 1 aromatic rings. The molecule has 0 aliphatic carbocycles. The van der Waals surface area contributed by atoms with Gasteiger partial charge in [-0.2, -0.15) is 11.8 Å². The quantitative estimate of drug-likeness (QED) is 0.848. The van der Waals surface area contributed by atoms with Gasteiger partial charge in [0.2, 0.25) is 0 Å². The fraction of sp³-hybridized carbons (Fsp3) is 0.538. The van der Waals surface area contributed by atoms with E-state index in [0.29, 0.717) is 6.42 Å². The van der Waals surface area contributed by atoms with Crippen LogP contribution < -0.4 is 0 Å². The highest BCUT2D eigenvalue weighted by molar-refractivity contribution is 7.99. The van der Waals surface area contributed by atoms with Crippen LogP contribution in [0, 0.1) is 11.8 Å². The first-order chi connectivity index (χ1) is 8.38. The Morgan fingerprint density at radius 3 is 2.88 bits per heavy atom. The standard InChI is InChI=1S/C13H17NOS2/c15-8-2-1-3-12-4-5-13(17-12)11-14-6-9-16-10-7-14/h4-5,15H,2,6-11H2. The fourth-order valence-corrected chi connectivity index (χ4v) is 3.62. The number of rotatable bonds is 3. The van der Waals surface area contributed by atoms with Crippen molar-refractivity contribution in [3.8, 4) is 11.8 Å². The summed E-state index contributed by atoms with van der Waals surface area (Å²) in [5.41, 5.74) is 0. The highest BCUT2D eigenvalue weighted by Gasteiger charge is 2.11. The Kier molecular flexibility index (Phi) is 5.40. The third-order valence-electron chi connectivity index (χ3n) is 2.59. The first kappa shape index (κ1) is 13.0. The van der Waals surface area contributed by atoms with E-state index in [-0.39, 0.29) is 6.61 Å². The molecule has 1 aliphatic rings. The summed E-state index contributed by atoms with van der Waals surface area (Å²) in [6, 6.07) is 4.26. The zero-order valence-corrected chi connectivity index (χ0v) is 11.4. The Hall–Kier alpha value is -0.470. The van der Waals surface area contributed by atoms with Crippen molar-refractivity contribution in [1.82, 2.24) is 4.90 Å². The highest BCUT2D eigenvalue weighted by atomic mass is 32.2. The number of hydrogen-bond donors (Lipinski definition) is 1. The predicted molar refractivity (Wildman–Crippen MR) is 75.5 cm³/mol. The molecule has 0 amide bonds. The Bertz CT molecular complexity index is 399. The molecular formula is C13H17NOS2. The summed E-state index contributed by atoms with van der Waals surface area (Å²) in [7, 11) is 0. The van der Waals surface area contributed by atoms with Crippen LogP contribution >= 0.6 is 23.1 Å². The molecule has 2 rings (SSSR count). The van der Waals surface area contributed by atoms with E-state index >= 15 is 0 Å². The van der Waals surface area contributed by atoms with Gasteiger partial charge in [-0.25, -0.2) is 0 Å². The van der Waals surface area contributed by atoms with Crippen molar-refractivity contribution < 1.29 is 5.11 Å². The van der Waals surface area contributed by atoms with Crippen LogP contribution in [0.5, 0.6) is 0 Å². The van der Waals surface area contributed by atoms with E-state index in [1.54, 1.807) is 11.3 Å². The van der Waals surface area contributed by atoms with Crippen LogP contribution in [-0.2, 0) is 6.54 Å². The number of hydrogen-bond acceptors (Lipinski definition) is 4. The maximum atomic E-state index is 8.66. The summed E-state index contributed by atoms with van der Waals surface area (Å²) in [6.45, 7) is 3.62. The minimum absolute atomic E-state index is 0.149. The average Bonchev–Trinajstić information content (AvgIpc) is 2.79. The van der Waals surface area contributed by atoms with Gasteiger partial charge < -0.3 is 5.11 Å². The van der Waals surface area contributed by atoms with E-state index in [0.717, 1.165) is 11.4 Å². The molecule has 1 aromatic heterocycles. The van der Waals surface area contributed by atoms with Gasteiger partial charge in [0.25, 0.3) is 0 Å². The van der Waals surface area contributed by atoms with Gasteiger partial charge in [-0.05, 0) is 12.1 Å². The van der Waals surface area contributed by atoms with E-state index in [4.69, 9.17) is 5.11 Å². The molecule has 0 spiro atoms. The molecule has 0 saturated carbocycles. The van der Waals surface area contributed by atoms with Crippen molar-refractivity contribution in [3.05, 3.63) is 21.9 Å². The lowest BCUT2D eigenvalue weighted by molar-refractivity contribution is 0.297. The van der Waals surface area contributed by atoms with Gasteiger partial charge in [-0.3, -0.25) is 4.90 Å². The second-order valence-corrected chi connectivity index (χ2v) is 6.32. The molecule has 4 heteroatoms. The third kappa shape index (κ3) is 4.36. The summed E-state index contributed by atoms with van der Waals surface area (Å²) in [6.07, 6.45) is 0.566. The number of nitrogens with zero attached hydrogens (tertiary/aromatic N) is 1. The van der Waals surface area contributed by atoms with Gasteiger partial charge in [0, 0.05) is 42.4 Å². The van der Waals surface area contributed by atoms with Crippen molar-refractivity contribution in [2.24, 2.45) is 0 Å². The SMILES string of the molecule is OCCC#Cc1ccc(CN2CCSCC2)s1. The minimum atomic E-state index is 0.149. The number of aliphatic hydroxyl groups is 1. The van der Waals surface area contributed by atoms with E-state index < -0.39 is 0 Å². The van der Waals surface area contributed by atoms with Crippen LogP contribution in [0.3, 0.4) is 0 Å². The Morgan fingerprint density at radius 2 is 2.12 bits per heavy atom. The number of thioether (sulfide) groups is 1. The maximum absolute atomic E-state index is 8.66. The van der Waals surface area contributed by atoms with Crippen molar-refractivity contribution in [3.63, 3.8) is 0 Å². The Labute approximate surface area is 111 Å². The topological polar surface area (TPSA) is 23.5 Å². The van der Waals surface area contributed by atoms with Gasteiger partial charge in [0.05, 0.1) is 11.5 Å². The minimum Gasteiger partial charge on any atom is -0.395 e. The lowest BCUT2D eigenvalue weighted by Crippen LogP contribution is -2.31. The predicted octanol–water partition coefficient (Wildman–Crippen LogP) is 2.03. The molecule has 1 aliphatic heterocycles. The highest BCUT2D eigenvalue weighted by Crippen LogP contribution is 2.19. The molecule has 0 unspecified atom stereocenters. The summed E-state index contributed by atoms with van der Waals surface area (Å²) >= 11 is 3.82. The van der Waals surface area contributed by atoms with E-state index in [1.165, 1.54) is 29.5 Å². The van der Waals surface area contributed by atoms with Crippen molar-refractivity contribution in [1.29, 1.82) is 0 Å². The van der Waals surface area contributed by atoms with Crippen LogP contribution in [0.15, 0.2) is 12.1 Å². The molecule has 0 bridgehead atoms. The first-order valence-electron chi connectivity index (χ1n) is 5.87. The second-order valence-electron chi connectivity index (χ2n) is 3.93. The second kappa shape index (κ2) is 7.07. The van der Waals surface area contributed by atoms with Crippen LogP contribution in [0.4, 0.5) is 0 Å². The van der Waals surface area contributed by atoms with Crippen LogP contribution in [0.2, 0.25) is 0 Å². The molecule has 1 saturated heterocycles. The van der Waals surface area contributed by atoms with Crippen LogP contribution in [0.1, 0.15) is 16.2 Å². The summed E-state index contributed by atoms with van der Waals surface area (Å²) in [5.74, 6) is 8.57. The maximum Gasteiger partial charge on any atom is 0.0771 e. The number of aliphatic hydroxyl groups excluding tert-OH is 1. The van der Waals surface area contributed by atoms with Crippen molar-refractivity contribution in [2.45, 2.75) is 13.0 Å². The van der Waals surface area contributed by atoms with Crippen molar-refractivity contribution in [2.75, 3.05) is 31.2 Å². The molecule has 2 nitrogen and oxygen atoms in total. The Balaban J connectivity index is 1.87. The lowest BCUT2D eigenvalue weighted by atomic mass is 10.3. The summed E-state index contributed by atoms with van der Waals surface area (Å²) in [4.78, 5) is 5.01.